The molecule has 0 aromatic heterocycles. The van der Waals surface area contributed by atoms with Gasteiger partial charge in [0.15, 0.2) is 0 Å². The SMILES string of the molecule is CCC(=O)OC(=O)C(C)CS. The zero-order chi connectivity index (χ0) is 8.85. The maximum absolute atomic E-state index is 10.9. The lowest BCUT2D eigenvalue weighted by Gasteiger charge is -2.05. The van der Waals surface area contributed by atoms with Gasteiger partial charge in [0.05, 0.1) is 5.92 Å². The molecule has 0 aromatic rings. The van der Waals surface area contributed by atoms with Gasteiger partial charge in [-0.05, 0) is 0 Å². The summed E-state index contributed by atoms with van der Waals surface area (Å²) in [7, 11) is 0. The van der Waals surface area contributed by atoms with Crippen molar-refractivity contribution in [3.05, 3.63) is 0 Å². The Hall–Kier alpha value is -0.510. The second kappa shape index (κ2) is 5.18. The van der Waals surface area contributed by atoms with E-state index in [0.29, 0.717) is 5.75 Å². The molecular weight excluding hydrogens is 164 g/mol. The van der Waals surface area contributed by atoms with E-state index in [1.807, 2.05) is 0 Å². The van der Waals surface area contributed by atoms with Crippen LogP contribution in [0.1, 0.15) is 20.3 Å². The summed E-state index contributed by atoms with van der Waals surface area (Å²) in [5, 5.41) is 0. The van der Waals surface area contributed by atoms with Gasteiger partial charge in [-0.25, -0.2) is 0 Å². The average Bonchev–Trinajstić information content (AvgIpc) is 2.02. The molecule has 0 amide bonds. The minimum atomic E-state index is -0.494. The maximum atomic E-state index is 10.9. The number of hydrogen-bond acceptors (Lipinski definition) is 4. The average molecular weight is 176 g/mol. The lowest BCUT2D eigenvalue weighted by atomic mass is 10.2. The van der Waals surface area contributed by atoms with Crippen molar-refractivity contribution < 1.29 is 14.3 Å². The molecule has 0 saturated carbocycles. The predicted octanol–water partition coefficient (Wildman–Crippen LogP) is 1.03. The van der Waals surface area contributed by atoms with Crippen LogP contribution >= 0.6 is 12.6 Å². The third-order valence-electron chi connectivity index (χ3n) is 1.18. The van der Waals surface area contributed by atoms with Gasteiger partial charge >= 0.3 is 11.9 Å². The largest absolute Gasteiger partial charge is 0.393 e. The third-order valence-corrected chi connectivity index (χ3v) is 1.73. The van der Waals surface area contributed by atoms with Crippen molar-refractivity contribution in [3.8, 4) is 0 Å². The standard InChI is InChI=1S/C7H12O3S/c1-3-6(8)10-7(9)5(2)4-11/h5,11H,3-4H2,1-2H3. The van der Waals surface area contributed by atoms with Gasteiger partial charge in [0, 0.05) is 12.2 Å². The van der Waals surface area contributed by atoms with Gasteiger partial charge in [0.25, 0.3) is 0 Å². The van der Waals surface area contributed by atoms with Crippen molar-refractivity contribution in [2.75, 3.05) is 5.75 Å². The minimum Gasteiger partial charge on any atom is -0.393 e. The normalized spacial score (nSPS) is 12.3. The van der Waals surface area contributed by atoms with E-state index in [1.165, 1.54) is 0 Å². The lowest BCUT2D eigenvalue weighted by molar-refractivity contribution is -0.161. The highest BCUT2D eigenvalue weighted by molar-refractivity contribution is 7.80. The molecule has 0 aliphatic heterocycles. The molecule has 1 unspecified atom stereocenters. The second-order valence-electron chi connectivity index (χ2n) is 2.23. The summed E-state index contributed by atoms with van der Waals surface area (Å²) in [5.74, 6) is -0.889. The predicted molar refractivity (Wildman–Crippen MR) is 44.4 cm³/mol. The fourth-order valence-corrected chi connectivity index (χ4v) is 0.509. The van der Waals surface area contributed by atoms with Crippen molar-refractivity contribution in [2.45, 2.75) is 20.3 Å². The first kappa shape index (κ1) is 10.5. The van der Waals surface area contributed by atoms with Crippen LogP contribution in [0.3, 0.4) is 0 Å². The quantitative estimate of drug-likeness (QED) is 0.397. The molecule has 64 valence electrons. The van der Waals surface area contributed by atoms with Gasteiger partial charge < -0.3 is 4.74 Å². The highest BCUT2D eigenvalue weighted by Gasteiger charge is 2.15. The van der Waals surface area contributed by atoms with Gasteiger partial charge in [-0.3, -0.25) is 9.59 Å². The Morgan fingerprint density at radius 3 is 2.45 bits per heavy atom. The molecule has 0 aromatic carbocycles. The van der Waals surface area contributed by atoms with E-state index < -0.39 is 11.9 Å². The van der Waals surface area contributed by atoms with Crippen molar-refractivity contribution in [3.63, 3.8) is 0 Å². The van der Waals surface area contributed by atoms with Gasteiger partial charge in [-0.1, -0.05) is 13.8 Å². The zero-order valence-corrected chi connectivity index (χ0v) is 7.56. The Morgan fingerprint density at radius 1 is 1.55 bits per heavy atom. The number of rotatable bonds is 3. The molecule has 0 bridgehead atoms. The summed E-state index contributed by atoms with van der Waals surface area (Å²) in [6, 6.07) is 0. The summed E-state index contributed by atoms with van der Waals surface area (Å²) in [6.45, 7) is 3.30. The molecule has 0 N–H and O–H groups in total. The van der Waals surface area contributed by atoms with Crippen LogP contribution in [0.5, 0.6) is 0 Å². The third kappa shape index (κ3) is 4.03. The van der Waals surface area contributed by atoms with E-state index >= 15 is 0 Å². The molecule has 0 spiro atoms. The molecule has 0 fully saturated rings. The first-order chi connectivity index (χ1) is 5.11. The molecule has 1 atom stereocenters. The van der Waals surface area contributed by atoms with Crippen molar-refractivity contribution >= 4 is 24.6 Å². The Bertz CT molecular complexity index is 156. The second-order valence-corrected chi connectivity index (χ2v) is 2.60. The summed E-state index contributed by atoms with van der Waals surface area (Å²) in [5.41, 5.74) is 0. The first-order valence-corrected chi connectivity index (χ1v) is 4.10. The Kier molecular flexibility index (Phi) is 4.94. The molecule has 0 aliphatic carbocycles. The van der Waals surface area contributed by atoms with Crippen LogP contribution in [0.4, 0.5) is 0 Å². The van der Waals surface area contributed by atoms with Crippen LogP contribution in [-0.4, -0.2) is 17.7 Å². The molecule has 0 saturated heterocycles. The molecule has 0 radical (unpaired) electrons. The number of esters is 2. The fourth-order valence-electron chi connectivity index (χ4n) is 0.359. The van der Waals surface area contributed by atoms with E-state index in [-0.39, 0.29) is 12.3 Å². The summed E-state index contributed by atoms with van der Waals surface area (Å²) >= 11 is 3.89. The maximum Gasteiger partial charge on any atom is 0.317 e. The first-order valence-electron chi connectivity index (χ1n) is 3.47. The highest BCUT2D eigenvalue weighted by atomic mass is 32.1. The number of carbonyl (C=O) groups is 2. The van der Waals surface area contributed by atoms with E-state index in [9.17, 15) is 9.59 Å². The van der Waals surface area contributed by atoms with Crippen molar-refractivity contribution in [1.82, 2.24) is 0 Å². The fraction of sp³-hybridized carbons (Fsp3) is 0.714. The van der Waals surface area contributed by atoms with E-state index in [0.717, 1.165) is 0 Å². The molecule has 3 nitrogen and oxygen atoms in total. The van der Waals surface area contributed by atoms with Crippen LogP contribution in [0.2, 0.25) is 0 Å². The minimum absolute atomic E-state index is 0.227. The number of hydrogen-bond donors (Lipinski definition) is 1. The summed E-state index contributed by atoms with van der Waals surface area (Å²) < 4.78 is 4.43. The van der Waals surface area contributed by atoms with E-state index in [1.54, 1.807) is 13.8 Å². The van der Waals surface area contributed by atoms with Gasteiger partial charge in [-0.15, -0.1) is 0 Å². The summed E-state index contributed by atoms with van der Waals surface area (Å²) in [4.78, 5) is 21.4. The van der Waals surface area contributed by atoms with E-state index in [2.05, 4.69) is 17.4 Å². The molecular formula is C7H12O3S. The van der Waals surface area contributed by atoms with Gasteiger partial charge in [0.2, 0.25) is 0 Å². The van der Waals surface area contributed by atoms with Crippen LogP contribution in [0.25, 0.3) is 0 Å². The molecule has 0 rings (SSSR count). The van der Waals surface area contributed by atoms with Crippen LogP contribution in [-0.2, 0) is 14.3 Å². The van der Waals surface area contributed by atoms with Crippen LogP contribution in [0, 0.1) is 5.92 Å². The lowest BCUT2D eigenvalue weighted by Crippen LogP contribution is -2.19. The van der Waals surface area contributed by atoms with Crippen LogP contribution < -0.4 is 0 Å². The zero-order valence-electron chi connectivity index (χ0n) is 6.66. The Morgan fingerprint density at radius 2 is 2.09 bits per heavy atom. The Labute approximate surface area is 71.5 Å². The van der Waals surface area contributed by atoms with Gasteiger partial charge in [-0.2, -0.15) is 12.6 Å². The smallest absolute Gasteiger partial charge is 0.317 e. The van der Waals surface area contributed by atoms with Crippen LogP contribution in [0.15, 0.2) is 0 Å². The number of thiol groups is 1. The molecule has 0 heterocycles. The van der Waals surface area contributed by atoms with Gasteiger partial charge in [0.1, 0.15) is 0 Å². The molecule has 11 heavy (non-hydrogen) atoms. The number of ether oxygens (including phenoxy) is 1. The topological polar surface area (TPSA) is 43.4 Å². The van der Waals surface area contributed by atoms with Crippen molar-refractivity contribution in [2.24, 2.45) is 5.92 Å². The monoisotopic (exact) mass is 176 g/mol. The van der Waals surface area contributed by atoms with Crippen molar-refractivity contribution in [1.29, 1.82) is 0 Å². The molecule has 0 aliphatic rings. The highest BCUT2D eigenvalue weighted by Crippen LogP contribution is 2.01. The number of carbonyl (C=O) groups excluding carboxylic acids is 2. The van der Waals surface area contributed by atoms with E-state index in [4.69, 9.17) is 0 Å². The molecule has 4 heteroatoms. The Balaban J connectivity index is 3.77. The summed E-state index contributed by atoms with van der Waals surface area (Å²) in [6.07, 6.45) is 0.227.